The average Bonchev–Trinajstić information content (AvgIpc) is 2.49. The maximum absolute atomic E-state index is 11.3. The largest absolute Gasteiger partial charge is 0.459 e. The molecule has 14 heavy (non-hydrogen) atoms. The second kappa shape index (κ2) is 4.75. The van der Waals surface area contributed by atoms with Crippen LogP contribution in [0.4, 0.5) is 0 Å². The standard InChI is InChI=1S/C8H12N2O2S2/c1-8(2,3)12-6(11)4-13-7-10-9-5-14-7/h5H,4H2,1-3H3. The molecule has 0 bridgehead atoms. The van der Waals surface area contributed by atoms with Gasteiger partial charge in [-0.05, 0) is 20.8 Å². The first kappa shape index (κ1) is 11.5. The number of carbonyl (C=O) groups excluding carboxylic acids is 1. The van der Waals surface area contributed by atoms with Crippen molar-refractivity contribution in [2.45, 2.75) is 30.7 Å². The van der Waals surface area contributed by atoms with Gasteiger partial charge in [-0.2, -0.15) is 0 Å². The summed E-state index contributed by atoms with van der Waals surface area (Å²) < 4.78 is 5.92. The van der Waals surface area contributed by atoms with Crippen LogP contribution in [0.3, 0.4) is 0 Å². The van der Waals surface area contributed by atoms with Crippen molar-refractivity contribution in [1.29, 1.82) is 0 Å². The first-order valence-corrected chi connectivity index (χ1v) is 5.95. The zero-order valence-corrected chi connectivity index (χ0v) is 9.94. The number of aromatic nitrogens is 2. The van der Waals surface area contributed by atoms with Crippen molar-refractivity contribution in [2.24, 2.45) is 0 Å². The Balaban J connectivity index is 2.29. The van der Waals surface area contributed by atoms with E-state index in [1.165, 1.54) is 23.1 Å². The highest BCUT2D eigenvalue weighted by atomic mass is 32.2. The van der Waals surface area contributed by atoms with E-state index < -0.39 is 5.60 Å². The van der Waals surface area contributed by atoms with Crippen LogP contribution < -0.4 is 0 Å². The van der Waals surface area contributed by atoms with Crippen LogP contribution in [0.15, 0.2) is 9.85 Å². The second-order valence-electron chi connectivity index (χ2n) is 3.58. The summed E-state index contributed by atoms with van der Waals surface area (Å²) in [5.74, 6) is 0.0598. The van der Waals surface area contributed by atoms with Crippen LogP contribution in [0.25, 0.3) is 0 Å². The molecule has 0 N–H and O–H groups in total. The minimum absolute atomic E-state index is 0.224. The van der Waals surface area contributed by atoms with Gasteiger partial charge in [0.1, 0.15) is 11.1 Å². The SMILES string of the molecule is CC(C)(C)OC(=O)CSc1nncs1. The Morgan fingerprint density at radius 3 is 2.86 bits per heavy atom. The third kappa shape index (κ3) is 4.57. The number of ether oxygens (including phenoxy) is 1. The molecular formula is C8H12N2O2S2. The fraction of sp³-hybridized carbons (Fsp3) is 0.625. The van der Waals surface area contributed by atoms with Crippen molar-refractivity contribution in [3.05, 3.63) is 5.51 Å². The topological polar surface area (TPSA) is 52.1 Å². The summed E-state index contributed by atoms with van der Waals surface area (Å²) in [6.07, 6.45) is 0. The van der Waals surface area contributed by atoms with Gasteiger partial charge in [0.05, 0.1) is 5.75 Å². The molecule has 0 amide bonds. The summed E-state index contributed by atoms with van der Waals surface area (Å²) in [4.78, 5) is 11.3. The Hall–Kier alpha value is -0.620. The predicted octanol–water partition coefficient (Wildman–Crippen LogP) is 1.97. The van der Waals surface area contributed by atoms with Crippen molar-refractivity contribution in [1.82, 2.24) is 10.2 Å². The molecule has 1 aromatic heterocycles. The molecular weight excluding hydrogens is 220 g/mol. The fourth-order valence-electron chi connectivity index (χ4n) is 0.717. The maximum Gasteiger partial charge on any atom is 0.316 e. The van der Waals surface area contributed by atoms with E-state index in [2.05, 4.69) is 10.2 Å². The smallest absolute Gasteiger partial charge is 0.316 e. The zero-order valence-electron chi connectivity index (χ0n) is 8.31. The zero-order chi connectivity index (χ0) is 10.6. The van der Waals surface area contributed by atoms with Crippen LogP contribution >= 0.6 is 23.1 Å². The molecule has 0 atom stereocenters. The lowest BCUT2D eigenvalue weighted by Gasteiger charge is -2.18. The molecule has 0 unspecified atom stereocenters. The molecule has 1 aromatic rings. The monoisotopic (exact) mass is 232 g/mol. The van der Waals surface area contributed by atoms with E-state index >= 15 is 0 Å². The summed E-state index contributed by atoms with van der Waals surface area (Å²) in [6, 6.07) is 0. The first-order valence-electron chi connectivity index (χ1n) is 4.08. The Kier molecular flexibility index (Phi) is 3.88. The molecule has 6 heteroatoms. The van der Waals surface area contributed by atoms with E-state index in [9.17, 15) is 4.79 Å². The lowest BCUT2D eigenvalue weighted by Crippen LogP contribution is -2.24. The highest BCUT2D eigenvalue weighted by Crippen LogP contribution is 2.19. The number of thioether (sulfide) groups is 1. The van der Waals surface area contributed by atoms with Crippen LogP contribution in [0.5, 0.6) is 0 Å². The van der Waals surface area contributed by atoms with Crippen molar-refractivity contribution < 1.29 is 9.53 Å². The molecule has 0 fully saturated rings. The maximum atomic E-state index is 11.3. The van der Waals surface area contributed by atoms with Gasteiger partial charge in [0.15, 0.2) is 4.34 Å². The van der Waals surface area contributed by atoms with Crippen molar-refractivity contribution in [3.8, 4) is 0 Å². The number of esters is 1. The van der Waals surface area contributed by atoms with Gasteiger partial charge in [0.2, 0.25) is 0 Å². The van der Waals surface area contributed by atoms with Gasteiger partial charge < -0.3 is 4.74 Å². The van der Waals surface area contributed by atoms with Crippen LogP contribution in [0, 0.1) is 0 Å². The molecule has 4 nitrogen and oxygen atoms in total. The Morgan fingerprint density at radius 1 is 1.64 bits per heavy atom. The van der Waals surface area contributed by atoms with Gasteiger partial charge in [-0.3, -0.25) is 4.79 Å². The summed E-state index contributed by atoms with van der Waals surface area (Å²) >= 11 is 2.76. The molecule has 1 heterocycles. The van der Waals surface area contributed by atoms with Crippen molar-refractivity contribution >= 4 is 29.1 Å². The van der Waals surface area contributed by atoms with Gasteiger partial charge in [-0.25, -0.2) is 0 Å². The van der Waals surface area contributed by atoms with E-state index in [1.807, 2.05) is 20.8 Å². The van der Waals surface area contributed by atoms with Crippen LogP contribution in [-0.4, -0.2) is 27.5 Å². The normalized spacial score (nSPS) is 11.4. The first-order chi connectivity index (χ1) is 6.47. The Bertz CT molecular complexity index is 293. The van der Waals surface area contributed by atoms with Gasteiger partial charge >= 0.3 is 5.97 Å². The van der Waals surface area contributed by atoms with Crippen LogP contribution in [-0.2, 0) is 9.53 Å². The van der Waals surface area contributed by atoms with Crippen molar-refractivity contribution in [3.63, 3.8) is 0 Å². The molecule has 0 aliphatic heterocycles. The van der Waals surface area contributed by atoms with Gasteiger partial charge in [-0.15, -0.1) is 10.2 Å². The summed E-state index contributed by atoms with van der Waals surface area (Å²) in [5.41, 5.74) is 1.22. The van der Waals surface area contributed by atoms with E-state index in [-0.39, 0.29) is 11.7 Å². The number of carbonyl (C=O) groups is 1. The minimum Gasteiger partial charge on any atom is -0.459 e. The molecule has 0 aromatic carbocycles. The molecule has 0 radical (unpaired) electrons. The Morgan fingerprint density at radius 2 is 2.36 bits per heavy atom. The third-order valence-electron chi connectivity index (χ3n) is 1.07. The van der Waals surface area contributed by atoms with Crippen LogP contribution in [0.2, 0.25) is 0 Å². The summed E-state index contributed by atoms with van der Waals surface area (Å²) in [5, 5.41) is 7.48. The van der Waals surface area contributed by atoms with Gasteiger partial charge in [-0.1, -0.05) is 23.1 Å². The lowest BCUT2D eigenvalue weighted by atomic mass is 10.2. The lowest BCUT2D eigenvalue weighted by molar-refractivity contribution is -0.151. The van der Waals surface area contributed by atoms with Crippen molar-refractivity contribution in [2.75, 3.05) is 5.75 Å². The minimum atomic E-state index is -0.418. The number of rotatable bonds is 3. The van der Waals surface area contributed by atoms with E-state index in [0.717, 1.165) is 4.34 Å². The quantitative estimate of drug-likeness (QED) is 0.589. The third-order valence-corrected chi connectivity index (χ3v) is 2.91. The van der Waals surface area contributed by atoms with Gasteiger partial charge in [0.25, 0.3) is 0 Å². The molecule has 1 rings (SSSR count). The molecule has 0 saturated carbocycles. The summed E-state index contributed by atoms with van der Waals surface area (Å²) in [7, 11) is 0. The number of hydrogen-bond acceptors (Lipinski definition) is 6. The predicted molar refractivity (Wildman–Crippen MR) is 56.5 cm³/mol. The highest BCUT2D eigenvalue weighted by Gasteiger charge is 2.16. The molecule has 0 aliphatic rings. The number of hydrogen-bond donors (Lipinski definition) is 0. The van der Waals surface area contributed by atoms with E-state index in [0.29, 0.717) is 0 Å². The van der Waals surface area contributed by atoms with Gasteiger partial charge in [0, 0.05) is 0 Å². The molecule has 0 aliphatic carbocycles. The Labute approximate surface area is 91.1 Å². The fourth-order valence-corrected chi connectivity index (χ4v) is 1.98. The van der Waals surface area contributed by atoms with E-state index in [1.54, 1.807) is 5.51 Å². The molecule has 78 valence electrons. The number of nitrogens with zero attached hydrogens (tertiary/aromatic N) is 2. The highest BCUT2D eigenvalue weighted by molar-refractivity contribution is 8.01. The second-order valence-corrected chi connectivity index (χ2v) is 5.64. The average molecular weight is 232 g/mol. The van der Waals surface area contributed by atoms with E-state index in [4.69, 9.17) is 4.74 Å². The van der Waals surface area contributed by atoms with Crippen LogP contribution in [0.1, 0.15) is 20.8 Å². The molecule has 0 spiro atoms. The molecule has 0 saturated heterocycles. The summed E-state index contributed by atoms with van der Waals surface area (Å²) in [6.45, 7) is 5.54.